The maximum Gasteiger partial charge on any atom is 0.224 e. The molecule has 1 aromatic carbocycles. The molecule has 4 aliphatic rings. The zero-order valence-electron chi connectivity index (χ0n) is 16.7. The SMILES string of the molecule is O=C(CC12CC3CC(CC(C3)C1)C2)Nc1cccc(-c2cn3ccccc3n2)c1. The molecule has 0 saturated heterocycles. The van der Waals surface area contributed by atoms with Crippen LogP contribution in [-0.4, -0.2) is 15.3 Å². The lowest BCUT2D eigenvalue weighted by Gasteiger charge is -2.56. The van der Waals surface area contributed by atoms with E-state index in [1.54, 1.807) is 0 Å². The molecule has 4 fully saturated rings. The van der Waals surface area contributed by atoms with Crippen LogP contribution in [0.3, 0.4) is 0 Å². The highest BCUT2D eigenvalue weighted by atomic mass is 16.1. The number of rotatable bonds is 4. The van der Waals surface area contributed by atoms with Gasteiger partial charge in [0, 0.05) is 30.1 Å². The molecule has 1 amide bonds. The first-order valence-electron chi connectivity index (χ1n) is 11.0. The Bertz CT molecular complexity index is 1010. The Morgan fingerprint density at radius 1 is 1.03 bits per heavy atom. The van der Waals surface area contributed by atoms with Crippen LogP contribution in [0.4, 0.5) is 5.69 Å². The molecule has 0 unspecified atom stereocenters. The number of carbonyl (C=O) groups excluding carboxylic acids is 1. The number of anilines is 1. The van der Waals surface area contributed by atoms with Gasteiger partial charge in [0.1, 0.15) is 5.65 Å². The molecule has 0 atom stereocenters. The molecule has 29 heavy (non-hydrogen) atoms. The summed E-state index contributed by atoms with van der Waals surface area (Å²) in [6, 6.07) is 14.1. The van der Waals surface area contributed by atoms with Gasteiger partial charge in [-0.25, -0.2) is 4.98 Å². The second-order valence-electron chi connectivity index (χ2n) is 9.82. The molecule has 0 spiro atoms. The smallest absolute Gasteiger partial charge is 0.224 e. The van der Waals surface area contributed by atoms with E-state index in [2.05, 4.69) is 11.4 Å². The summed E-state index contributed by atoms with van der Waals surface area (Å²) in [4.78, 5) is 17.7. The van der Waals surface area contributed by atoms with Crippen molar-refractivity contribution >= 4 is 17.2 Å². The van der Waals surface area contributed by atoms with Gasteiger partial charge in [0.25, 0.3) is 0 Å². The fourth-order valence-corrected chi connectivity index (χ4v) is 6.88. The number of nitrogens with one attached hydrogen (secondary N) is 1. The van der Waals surface area contributed by atoms with E-state index in [-0.39, 0.29) is 11.3 Å². The third-order valence-corrected chi connectivity index (χ3v) is 7.51. The van der Waals surface area contributed by atoms with Crippen LogP contribution >= 0.6 is 0 Å². The van der Waals surface area contributed by atoms with Crippen LogP contribution < -0.4 is 5.32 Å². The minimum Gasteiger partial charge on any atom is -0.326 e. The van der Waals surface area contributed by atoms with E-state index in [1.807, 2.05) is 53.2 Å². The van der Waals surface area contributed by atoms with Gasteiger partial charge in [-0.1, -0.05) is 18.2 Å². The van der Waals surface area contributed by atoms with Crippen molar-refractivity contribution in [1.82, 2.24) is 9.38 Å². The van der Waals surface area contributed by atoms with E-state index < -0.39 is 0 Å². The van der Waals surface area contributed by atoms with Gasteiger partial charge < -0.3 is 9.72 Å². The summed E-state index contributed by atoms with van der Waals surface area (Å²) in [5.41, 5.74) is 4.03. The van der Waals surface area contributed by atoms with Gasteiger partial charge in [0.05, 0.1) is 5.69 Å². The highest BCUT2D eigenvalue weighted by Gasteiger charge is 2.51. The van der Waals surface area contributed by atoms with Gasteiger partial charge in [0.2, 0.25) is 5.91 Å². The van der Waals surface area contributed by atoms with E-state index in [9.17, 15) is 4.79 Å². The van der Waals surface area contributed by atoms with Crippen LogP contribution in [0, 0.1) is 23.2 Å². The van der Waals surface area contributed by atoms with Gasteiger partial charge in [-0.2, -0.15) is 0 Å². The van der Waals surface area contributed by atoms with Crippen LogP contribution in [0.15, 0.2) is 54.9 Å². The monoisotopic (exact) mass is 385 g/mol. The summed E-state index contributed by atoms with van der Waals surface area (Å²) in [6.45, 7) is 0. The molecule has 4 saturated carbocycles. The summed E-state index contributed by atoms with van der Waals surface area (Å²) in [5, 5.41) is 3.19. The Morgan fingerprint density at radius 2 is 1.79 bits per heavy atom. The van der Waals surface area contributed by atoms with Crippen LogP contribution in [0.2, 0.25) is 0 Å². The summed E-state index contributed by atoms with van der Waals surface area (Å²) in [6.07, 6.45) is 12.8. The van der Waals surface area contributed by atoms with Crippen molar-refractivity contribution in [3.8, 4) is 11.3 Å². The topological polar surface area (TPSA) is 46.4 Å². The van der Waals surface area contributed by atoms with Crippen LogP contribution in [-0.2, 0) is 4.79 Å². The molecule has 4 bridgehead atoms. The molecule has 0 aliphatic heterocycles. The molecule has 4 nitrogen and oxygen atoms in total. The van der Waals surface area contributed by atoms with Gasteiger partial charge in [-0.3, -0.25) is 4.79 Å². The lowest BCUT2D eigenvalue weighted by molar-refractivity contribution is -0.124. The van der Waals surface area contributed by atoms with E-state index in [0.29, 0.717) is 6.42 Å². The average molecular weight is 386 g/mol. The molecule has 3 aromatic rings. The number of benzene rings is 1. The van der Waals surface area contributed by atoms with E-state index >= 15 is 0 Å². The number of pyridine rings is 1. The fourth-order valence-electron chi connectivity index (χ4n) is 6.88. The van der Waals surface area contributed by atoms with Gasteiger partial charge in [-0.15, -0.1) is 0 Å². The summed E-state index contributed by atoms with van der Waals surface area (Å²) in [7, 11) is 0. The summed E-state index contributed by atoms with van der Waals surface area (Å²) in [5.74, 6) is 2.83. The third-order valence-electron chi connectivity index (χ3n) is 7.51. The highest BCUT2D eigenvalue weighted by molar-refractivity contribution is 5.92. The Morgan fingerprint density at radius 3 is 2.52 bits per heavy atom. The van der Waals surface area contributed by atoms with Gasteiger partial charge in [0.15, 0.2) is 0 Å². The van der Waals surface area contributed by atoms with E-state index in [0.717, 1.165) is 40.3 Å². The van der Waals surface area contributed by atoms with Gasteiger partial charge >= 0.3 is 0 Å². The lowest BCUT2D eigenvalue weighted by Crippen LogP contribution is -2.47. The molecule has 0 radical (unpaired) electrons. The van der Waals surface area contributed by atoms with Crippen molar-refractivity contribution in [2.24, 2.45) is 23.2 Å². The van der Waals surface area contributed by atoms with Crippen molar-refractivity contribution in [3.63, 3.8) is 0 Å². The number of hydrogen-bond donors (Lipinski definition) is 1. The van der Waals surface area contributed by atoms with E-state index in [1.165, 1.54) is 38.5 Å². The van der Waals surface area contributed by atoms with Crippen LogP contribution in [0.5, 0.6) is 0 Å². The maximum absolute atomic E-state index is 13.0. The van der Waals surface area contributed by atoms with Crippen molar-refractivity contribution in [1.29, 1.82) is 0 Å². The first-order chi connectivity index (χ1) is 14.1. The molecule has 2 heterocycles. The quantitative estimate of drug-likeness (QED) is 0.640. The number of imidazole rings is 1. The zero-order chi connectivity index (χ0) is 19.4. The van der Waals surface area contributed by atoms with Crippen molar-refractivity contribution in [2.45, 2.75) is 44.9 Å². The zero-order valence-corrected chi connectivity index (χ0v) is 16.7. The lowest BCUT2D eigenvalue weighted by atomic mass is 9.49. The number of amides is 1. The minimum absolute atomic E-state index is 0.180. The highest BCUT2D eigenvalue weighted by Crippen LogP contribution is 2.61. The van der Waals surface area contributed by atoms with Crippen molar-refractivity contribution in [2.75, 3.05) is 5.32 Å². The second kappa shape index (κ2) is 6.45. The number of carbonyl (C=O) groups is 1. The largest absolute Gasteiger partial charge is 0.326 e. The summed E-state index contributed by atoms with van der Waals surface area (Å²) < 4.78 is 2.02. The number of fused-ring (bicyclic) bond motifs is 1. The standard InChI is InChI=1S/C25H27N3O/c29-24(15-25-12-17-8-18(13-25)10-19(9-17)14-25)26-21-5-3-4-20(11-21)22-16-28-7-2-1-6-23(28)27-22/h1-7,11,16-19H,8-10,12-15H2,(H,26,29). The van der Waals surface area contributed by atoms with Crippen LogP contribution in [0.1, 0.15) is 44.9 Å². The molecule has 4 heteroatoms. The Balaban J connectivity index is 1.19. The Labute approximate surface area is 171 Å². The predicted molar refractivity (Wildman–Crippen MR) is 114 cm³/mol. The maximum atomic E-state index is 13.0. The Hall–Kier alpha value is -2.62. The number of aromatic nitrogens is 2. The molecule has 1 N–H and O–H groups in total. The molecule has 7 rings (SSSR count). The third kappa shape index (κ3) is 3.15. The molecular formula is C25H27N3O. The van der Waals surface area contributed by atoms with Crippen LogP contribution in [0.25, 0.3) is 16.9 Å². The first-order valence-corrected chi connectivity index (χ1v) is 11.0. The number of nitrogens with zero attached hydrogens (tertiary/aromatic N) is 2. The van der Waals surface area contributed by atoms with Crippen molar-refractivity contribution in [3.05, 3.63) is 54.9 Å². The molecular weight excluding hydrogens is 358 g/mol. The normalized spacial score (nSPS) is 30.0. The second-order valence-corrected chi connectivity index (χ2v) is 9.82. The average Bonchev–Trinajstić information content (AvgIpc) is 3.11. The summed E-state index contributed by atoms with van der Waals surface area (Å²) >= 11 is 0. The minimum atomic E-state index is 0.180. The molecule has 4 aliphatic carbocycles. The fraction of sp³-hybridized carbons (Fsp3) is 0.440. The predicted octanol–water partition coefficient (Wildman–Crippen LogP) is 5.55. The van der Waals surface area contributed by atoms with E-state index in [4.69, 9.17) is 4.98 Å². The molecule has 148 valence electrons. The van der Waals surface area contributed by atoms with Crippen molar-refractivity contribution < 1.29 is 4.79 Å². The van der Waals surface area contributed by atoms with Gasteiger partial charge in [-0.05, 0) is 86.0 Å². The first kappa shape index (κ1) is 17.3. The molecule has 2 aromatic heterocycles. The number of hydrogen-bond acceptors (Lipinski definition) is 2. The Kier molecular flexibility index (Phi) is 3.84.